The van der Waals surface area contributed by atoms with Crippen molar-refractivity contribution in [2.75, 3.05) is 24.4 Å². The highest BCUT2D eigenvalue weighted by Gasteiger charge is 2.07. The molecule has 0 spiro atoms. The molecule has 0 aliphatic carbocycles. The quantitative estimate of drug-likeness (QED) is 0.281. The molecule has 0 aliphatic heterocycles. The molecule has 0 bridgehead atoms. The first-order valence-electron chi connectivity index (χ1n) is 5.85. The highest BCUT2D eigenvalue weighted by molar-refractivity contribution is 7.99. The number of hydrogen-bond acceptors (Lipinski definition) is 7. The van der Waals surface area contributed by atoms with E-state index in [1.807, 2.05) is 13.8 Å². The first kappa shape index (κ1) is 15.2. The van der Waals surface area contributed by atoms with Crippen LogP contribution < -0.4 is 11.3 Å². The van der Waals surface area contributed by atoms with E-state index >= 15 is 0 Å². The lowest BCUT2D eigenvalue weighted by Crippen LogP contribution is -2.12. The monoisotopic (exact) mass is 272 g/mol. The third kappa shape index (κ3) is 5.18. The lowest BCUT2D eigenvalue weighted by atomic mass is 10.2. The molecule has 0 saturated carbocycles. The number of anilines is 1. The Morgan fingerprint density at radius 1 is 1.56 bits per heavy atom. The highest BCUT2D eigenvalue weighted by Crippen LogP contribution is 2.21. The van der Waals surface area contributed by atoms with Gasteiger partial charge in [-0.3, -0.25) is 0 Å². The van der Waals surface area contributed by atoms with Crippen LogP contribution in [0.4, 0.5) is 5.82 Å². The maximum absolute atomic E-state index is 8.99. The van der Waals surface area contributed by atoms with Gasteiger partial charge in [-0.2, -0.15) is 0 Å². The van der Waals surface area contributed by atoms with Crippen molar-refractivity contribution in [3.63, 3.8) is 0 Å². The average molecular weight is 272 g/mol. The fraction of sp³-hybridized carbons (Fsp3) is 0.636. The number of nitrogens with zero attached hydrogens (tertiary/aromatic N) is 2. The average Bonchev–Trinajstić information content (AvgIpc) is 2.42. The molecule has 1 aromatic rings. The number of hydrazine groups is 1. The van der Waals surface area contributed by atoms with Crippen LogP contribution in [0.25, 0.3) is 0 Å². The summed E-state index contributed by atoms with van der Waals surface area (Å²) in [6.07, 6.45) is 0. The van der Waals surface area contributed by atoms with Gasteiger partial charge in [0.25, 0.3) is 0 Å². The number of aliphatic hydroxyl groups excluding tert-OH is 1. The number of nitrogens with two attached hydrogens (primary N) is 1. The number of nitrogen functional groups attached to an aromatic ring is 1. The van der Waals surface area contributed by atoms with E-state index in [1.165, 1.54) is 0 Å². The summed E-state index contributed by atoms with van der Waals surface area (Å²) in [5.41, 5.74) is 2.52. The maximum atomic E-state index is 8.99. The van der Waals surface area contributed by atoms with E-state index in [2.05, 4.69) is 15.4 Å². The summed E-state index contributed by atoms with van der Waals surface area (Å²) in [6.45, 7) is 5.07. The molecule has 0 radical (unpaired) electrons. The molecule has 1 unspecified atom stereocenters. The molecule has 1 atom stereocenters. The number of ether oxygens (including phenoxy) is 1. The zero-order valence-corrected chi connectivity index (χ0v) is 11.5. The van der Waals surface area contributed by atoms with Crippen molar-refractivity contribution in [3.05, 3.63) is 11.9 Å². The second kappa shape index (κ2) is 8.25. The molecule has 0 fully saturated rings. The first-order valence-corrected chi connectivity index (χ1v) is 6.84. The van der Waals surface area contributed by atoms with Crippen LogP contribution in [0.3, 0.4) is 0 Å². The van der Waals surface area contributed by atoms with E-state index in [0.29, 0.717) is 24.9 Å². The fourth-order valence-corrected chi connectivity index (χ4v) is 2.08. The molecule has 0 amide bonds. The van der Waals surface area contributed by atoms with Gasteiger partial charge in [0.2, 0.25) is 0 Å². The Morgan fingerprint density at radius 3 is 2.94 bits per heavy atom. The van der Waals surface area contributed by atoms with Gasteiger partial charge in [0.05, 0.1) is 0 Å². The van der Waals surface area contributed by atoms with Crippen molar-refractivity contribution < 1.29 is 9.84 Å². The van der Waals surface area contributed by atoms with Crippen LogP contribution in [0.2, 0.25) is 0 Å². The van der Waals surface area contributed by atoms with Crippen molar-refractivity contribution >= 4 is 17.6 Å². The number of aromatic nitrogens is 2. The SMILES string of the molecule is CCOCc1nc(NN)cc(SCC(C)CO)n1. The van der Waals surface area contributed by atoms with E-state index in [9.17, 15) is 0 Å². The Labute approximate surface area is 111 Å². The fourth-order valence-electron chi connectivity index (χ4n) is 1.16. The molecular formula is C11H20N4O2S. The van der Waals surface area contributed by atoms with Crippen LogP contribution >= 0.6 is 11.8 Å². The Balaban J connectivity index is 2.70. The molecular weight excluding hydrogens is 252 g/mol. The number of aliphatic hydroxyl groups is 1. The van der Waals surface area contributed by atoms with E-state index in [1.54, 1.807) is 17.8 Å². The summed E-state index contributed by atoms with van der Waals surface area (Å²) in [7, 11) is 0. The summed E-state index contributed by atoms with van der Waals surface area (Å²) < 4.78 is 5.28. The van der Waals surface area contributed by atoms with Crippen LogP contribution in [0.5, 0.6) is 0 Å². The predicted molar refractivity (Wildman–Crippen MR) is 72.1 cm³/mol. The van der Waals surface area contributed by atoms with E-state index < -0.39 is 0 Å². The van der Waals surface area contributed by atoms with Gasteiger partial charge in [-0.1, -0.05) is 6.92 Å². The maximum Gasteiger partial charge on any atom is 0.157 e. The molecule has 0 aromatic carbocycles. The zero-order valence-electron chi connectivity index (χ0n) is 10.7. The van der Waals surface area contributed by atoms with E-state index in [0.717, 1.165) is 10.8 Å². The molecule has 1 aromatic heterocycles. The lowest BCUT2D eigenvalue weighted by molar-refractivity contribution is 0.128. The van der Waals surface area contributed by atoms with Gasteiger partial charge >= 0.3 is 0 Å². The second-order valence-corrected chi connectivity index (χ2v) is 4.93. The summed E-state index contributed by atoms with van der Waals surface area (Å²) >= 11 is 1.57. The van der Waals surface area contributed by atoms with Crippen LogP contribution in [0.15, 0.2) is 11.1 Å². The number of hydrogen-bond donors (Lipinski definition) is 3. The minimum Gasteiger partial charge on any atom is -0.396 e. The van der Waals surface area contributed by atoms with Gasteiger partial charge in [-0.25, -0.2) is 15.8 Å². The zero-order chi connectivity index (χ0) is 13.4. The molecule has 102 valence electrons. The minimum atomic E-state index is 0.173. The van der Waals surface area contributed by atoms with E-state index in [4.69, 9.17) is 15.7 Å². The van der Waals surface area contributed by atoms with E-state index in [-0.39, 0.29) is 12.5 Å². The molecule has 6 nitrogen and oxygen atoms in total. The van der Waals surface area contributed by atoms with Crippen LogP contribution in [-0.4, -0.2) is 34.0 Å². The van der Waals surface area contributed by atoms with Crippen molar-refractivity contribution in [2.45, 2.75) is 25.5 Å². The van der Waals surface area contributed by atoms with Crippen LogP contribution in [-0.2, 0) is 11.3 Å². The second-order valence-electron chi connectivity index (χ2n) is 3.89. The topological polar surface area (TPSA) is 93.3 Å². The van der Waals surface area contributed by atoms with Gasteiger partial charge < -0.3 is 15.3 Å². The Kier molecular flexibility index (Phi) is 6.96. The molecule has 18 heavy (non-hydrogen) atoms. The van der Waals surface area contributed by atoms with Crippen LogP contribution in [0.1, 0.15) is 19.7 Å². The number of thioether (sulfide) groups is 1. The third-order valence-corrected chi connectivity index (χ3v) is 3.40. The molecule has 7 heteroatoms. The van der Waals surface area contributed by atoms with Crippen molar-refractivity contribution in [1.82, 2.24) is 9.97 Å². The molecule has 0 aliphatic rings. The summed E-state index contributed by atoms with van der Waals surface area (Å²) in [6, 6.07) is 1.78. The van der Waals surface area contributed by atoms with Crippen LogP contribution in [0, 0.1) is 5.92 Å². The van der Waals surface area contributed by atoms with Gasteiger partial charge in [0.1, 0.15) is 17.5 Å². The molecule has 1 heterocycles. The Bertz CT molecular complexity index is 365. The van der Waals surface area contributed by atoms with Gasteiger partial charge in [0, 0.05) is 25.0 Å². The standard InChI is InChI=1S/C11H20N4O2S/c1-3-17-6-10-13-9(15-12)4-11(14-10)18-7-8(2)5-16/h4,8,16H,3,5-7,12H2,1-2H3,(H,13,14,15). The normalized spacial score (nSPS) is 12.4. The summed E-state index contributed by atoms with van der Waals surface area (Å²) in [4.78, 5) is 8.58. The predicted octanol–water partition coefficient (Wildman–Crippen LogP) is 1.02. The number of rotatable bonds is 8. The third-order valence-electron chi connectivity index (χ3n) is 2.16. The van der Waals surface area contributed by atoms with Gasteiger partial charge in [-0.05, 0) is 12.8 Å². The summed E-state index contributed by atoms with van der Waals surface area (Å²) in [5.74, 6) is 7.57. The first-order chi connectivity index (χ1) is 8.69. The minimum absolute atomic E-state index is 0.173. The number of nitrogens with one attached hydrogen (secondary N) is 1. The highest BCUT2D eigenvalue weighted by atomic mass is 32.2. The van der Waals surface area contributed by atoms with Crippen molar-refractivity contribution in [3.8, 4) is 0 Å². The van der Waals surface area contributed by atoms with Gasteiger partial charge in [0.15, 0.2) is 5.82 Å². The molecule has 4 N–H and O–H groups in total. The largest absolute Gasteiger partial charge is 0.396 e. The van der Waals surface area contributed by atoms with Gasteiger partial charge in [-0.15, -0.1) is 11.8 Å². The Morgan fingerprint density at radius 2 is 2.33 bits per heavy atom. The lowest BCUT2D eigenvalue weighted by Gasteiger charge is -2.09. The molecule has 0 saturated heterocycles. The summed E-state index contributed by atoms with van der Waals surface area (Å²) in [5, 5.41) is 9.81. The Hall–Kier alpha value is -0.890. The van der Waals surface area contributed by atoms with Crippen molar-refractivity contribution in [2.24, 2.45) is 11.8 Å². The van der Waals surface area contributed by atoms with Crippen molar-refractivity contribution in [1.29, 1.82) is 0 Å². The molecule has 1 rings (SSSR count). The smallest absolute Gasteiger partial charge is 0.157 e.